The number of aryl methyl sites for hydroxylation is 1. The van der Waals surface area contributed by atoms with Crippen LogP contribution in [0.5, 0.6) is 0 Å². The van der Waals surface area contributed by atoms with Gasteiger partial charge >= 0.3 is 0 Å². The number of hydrogen-bond donors (Lipinski definition) is 3. The highest BCUT2D eigenvalue weighted by Crippen LogP contribution is 2.16. The van der Waals surface area contributed by atoms with Crippen LogP contribution in [0, 0.1) is 19.8 Å². The van der Waals surface area contributed by atoms with Gasteiger partial charge in [-0.2, -0.15) is 5.10 Å². The Morgan fingerprint density at radius 1 is 1.22 bits per heavy atom. The molecule has 1 amide bonds. The zero-order valence-electron chi connectivity index (χ0n) is 16.1. The number of benzene rings is 1. The van der Waals surface area contributed by atoms with Crippen LogP contribution in [0.4, 0.5) is 5.69 Å². The van der Waals surface area contributed by atoms with Gasteiger partial charge in [-0.25, -0.2) is 0 Å². The quantitative estimate of drug-likeness (QED) is 0.502. The Morgan fingerprint density at radius 2 is 1.89 bits per heavy atom. The van der Waals surface area contributed by atoms with E-state index in [-0.39, 0.29) is 5.91 Å². The predicted octanol–water partition coefficient (Wildman–Crippen LogP) is 3.76. The summed E-state index contributed by atoms with van der Waals surface area (Å²) in [5, 5.41) is 8.51. The first-order chi connectivity index (χ1) is 12.8. The summed E-state index contributed by atoms with van der Waals surface area (Å²) >= 11 is 11.0. The average molecular weight is 408 g/mol. The highest BCUT2D eigenvalue weighted by atomic mass is 35.5. The van der Waals surface area contributed by atoms with Gasteiger partial charge in [0, 0.05) is 29.4 Å². The van der Waals surface area contributed by atoms with E-state index >= 15 is 0 Å². The van der Waals surface area contributed by atoms with Crippen molar-refractivity contribution in [1.82, 2.24) is 20.6 Å². The summed E-state index contributed by atoms with van der Waals surface area (Å²) < 4.78 is 2.02. The van der Waals surface area contributed by atoms with Gasteiger partial charge in [-0.3, -0.25) is 20.3 Å². The largest absolute Gasteiger partial charge is 0.331 e. The fourth-order valence-corrected chi connectivity index (χ4v) is 3.04. The van der Waals surface area contributed by atoms with E-state index in [1.807, 2.05) is 11.6 Å². The molecule has 0 bridgehead atoms. The smallest absolute Gasteiger partial charge is 0.238 e. The van der Waals surface area contributed by atoms with Crippen LogP contribution in [-0.2, 0) is 17.8 Å². The van der Waals surface area contributed by atoms with Crippen LogP contribution >= 0.6 is 23.8 Å². The van der Waals surface area contributed by atoms with E-state index in [4.69, 9.17) is 23.8 Å². The second-order valence-corrected chi connectivity index (χ2v) is 7.70. The molecule has 1 aromatic carbocycles. The molecule has 0 aliphatic carbocycles. The van der Waals surface area contributed by atoms with E-state index in [2.05, 4.69) is 42.0 Å². The number of anilines is 1. The van der Waals surface area contributed by atoms with Crippen molar-refractivity contribution in [1.29, 1.82) is 0 Å². The average Bonchev–Trinajstić information content (AvgIpc) is 2.86. The number of amides is 1. The SMILES string of the molecule is Cc1nn(CC(C)C)c(C)c1CCC(=O)NNC(=S)Nc1ccc(Cl)cc1. The fourth-order valence-electron chi connectivity index (χ4n) is 2.74. The number of thiocarbonyl (C=S) groups is 1. The molecule has 0 spiro atoms. The van der Waals surface area contributed by atoms with Crippen molar-refractivity contribution < 1.29 is 4.79 Å². The normalized spacial score (nSPS) is 10.7. The summed E-state index contributed by atoms with van der Waals surface area (Å²) in [5.41, 5.74) is 9.35. The van der Waals surface area contributed by atoms with Gasteiger partial charge in [0.15, 0.2) is 5.11 Å². The molecule has 0 saturated heterocycles. The van der Waals surface area contributed by atoms with Crippen LogP contribution in [-0.4, -0.2) is 20.8 Å². The van der Waals surface area contributed by atoms with Crippen LogP contribution in [0.2, 0.25) is 5.02 Å². The molecule has 1 aromatic heterocycles. The number of carbonyl (C=O) groups excluding carboxylic acids is 1. The maximum Gasteiger partial charge on any atom is 0.238 e. The van der Waals surface area contributed by atoms with Gasteiger partial charge in [-0.05, 0) is 68.2 Å². The van der Waals surface area contributed by atoms with Crippen LogP contribution in [0.3, 0.4) is 0 Å². The predicted molar refractivity (Wildman–Crippen MR) is 114 cm³/mol. The zero-order chi connectivity index (χ0) is 20.0. The third kappa shape index (κ3) is 6.52. The van der Waals surface area contributed by atoms with Crippen molar-refractivity contribution in [3.63, 3.8) is 0 Å². The summed E-state index contributed by atoms with van der Waals surface area (Å²) in [4.78, 5) is 12.1. The number of hydrazine groups is 1. The number of halogens is 1. The molecule has 6 nitrogen and oxygen atoms in total. The van der Waals surface area contributed by atoms with E-state index in [1.54, 1.807) is 24.3 Å². The third-order valence-electron chi connectivity index (χ3n) is 4.09. The lowest BCUT2D eigenvalue weighted by Gasteiger charge is -2.12. The van der Waals surface area contributed by atoms with Gasteiger partial charge in [0.2, 0.25) is 5.91 Å². The van der Waals surface area contributed by atoms with Crippen molar-refractivity contribution in [2.45, 2.75) is 47.1 Å². The van der Waals surface area contributed by atoms with Gasteiger partial charge in [-0.15, -0.1) is 0 Å². The molecule has 0 atom stereocenters. The van der Waals surface area contributed by atoms with Gasteiger partial charge in [0.05, 0.1) is 5.69 Å². The Morgan fingerprint density at radius 3 is 2.52 bits per heavy atom. The van der Waals surface area contributed by atoms with Crippen LogP contribution < -0.4 is 16.2 Å². The van der Waals surface area contributed by atoms with E-state index in [9.17, 15) is 4.79 Å². The molecular weight excluding hydrogens is 382 g/mol. The molecule has 146 valence electrons. The van der Waals surface area contributed by atoms with E-state index in [1.165, 1.54) is 0 Å². The highest BCUT2D eigenvalue weighted by Gasteiger charge is 2.14. The maximum atomic E-state index is 12.1. The first-order valence-electron chi connectivity index (χ1n) is 8.90. The van der Waals surface area contributed by atoms with Crippen molar-refractivity contribution in [3.8, 4) is 0 Å². The minimum atomic E-state index is -0.134. The molecule has 0 aliphatic heterocycles. The minimum absolute atomic E-state index is 0.134. The first-order valence-corrected chi connectivity index (χ1v) is 9.69. The molecule has 0 saturated carbocycles. The molecule has 0 unspecified atom stereocenters. The molecule has 0 fully saturated rings. The Bertz CT molecular complexity index is 801. The summed E-state index contributed by atoms with van der Waals surface area (Å²) in [6.07, 6.45) is 0.992. The van der Waals surface area contributed by atoms with Crippen LogP contribution in [0.15, 0.2) is 24.3 Å². The Labute approximate surface area is 170 Å². The molecule has 27 heavy (non-hydrogen) atoms. The number of rotatable bonds is 6. The Kier molecular flexibility index (Phi) is 7.62. The van der Waals surface area contributed by atoms with Crippen molar-refractivity contribution in [3.05, 3.63) is 46.2 Å². The monoisotopic (exact) mass is 407 g/mol. The number of nitrogens with one attached hydrogen (secondary N) is 3. The molecule has 0 radical (unpaired) electrons. The molecule has 3 N–H and O–H groups in total. The lowest BCUT2D eigenvalue weighted by atomic mass is 10.1. The maximum absolute atomic E-state index is 12.1. The topological polar surface area (TPSA) is 71.0 Å². The first kappa shape index (κ1) is 21.2. The van der Waals surface area contributed by atoms with Crippen molar-refractivity contribution in [2.24, 2.45) is 5.92 Å². The lowest BCUT2D eigenvalue weighted by Crippen LogP contribution is -2.43. The van der Waals surface area contributed by atoms with Gasteiger partial charge < -0.3 is 5.32 Å². The van der Waals surface area contributed by atoms with E-state index < -0.39 is 0 Å². The minimum Gasteiger partial charge on any atom is -0.331 e. The third-order valence-corrected chi connectivity index (χ3v) is 4.55. The molecular formula is C19H26ClN5OS. The number of hydrogen-bond acceptors (Lipinski definition) is 3. The van der Waals surface area contributed by atoms with Gasteiger partial charge in [0.25, 0.3) is 0 Å². The van der Waals surface area contributed by atoms with Crippen LogP contribution in [0.25, 0.3) is 0 Å². The summed E-state index contributed by atoms with van der Waals surface area (Å²) in [5.74, 6) is 0.392. The fraction of sp³-hybridized carbons (Fsp3) is 0.421. The number of nitrogens with zero attached hydrogens (tertiary/aromatic N) is 2. The van der Waals surface area contributed by atoms with Crippen molar-refractivity contribution in [2.75, 3.05) is 5.32 Å². The second kappa shape index (κ2) is 9.71. The van der Waals surface area contributed by atoms with Gasteiger partial charge in [0.1, 0.15) is 0 Å². The Hall–Kier alpha value is -2.12. The van der Waals surface area contributed by atoms with E-state index in [0.29, 0.717) is 28.9 Å². The highest BCUT2D eigenvalue weighted by molar-refractivity contribution is 7.80. The summed E-state index contributed by atoms with van der Waals surface area (Å²) in [6, 6.07) is 7.13. The summed E-state index contributed by atoms with van der Waals surface area (Å²) in [6.45, 7) is 9.25. The number of carbonyl (C=O) groups is 1. The van der Waals surface area contributed by atoms with E-state index in [0.717, 1.165) is 29.2 Å². The number of aromatic nitrogens is 2. The Balaban J connectivity index is 1.80. The second-order valence-electron chi connectivity index (χ2n) is 6.86. The molecule has 2 rings (SSSR count). The van der Waals surface area contributed by atoms with Gasteiger partial charge in [-0.1, -0.05) is 25.4 Å². The molecule has 8 heteroatoms. The zero-order valence-corrected chi connectivity index (χ0v) is 17.7. The lowest BCUT2D eigenvalue weighted by molar-refractivity contribution is -0.121. The molecule has 1 heterocycles. The standard InChI is InChI=1S/C19H26ClN5OS/c1-12(2)11-25-14(4)17(13(3)24-25)9-10-18(26)22-23-19(27)21-16-7-5-15(20)6-8-16/h5-8,12H,9-11H2,1-4H3,(H,22,26)(H2,21,23,27). The summed E-state index contributed by atoms with van der Waals surface area (Å²) in [7, 11) is 0. The molecule has 0 aliphatic rings. The molecule has 2 aromatic rings. The van der Waals surface area contributed by atoms with Crippen LogP contribution in [0.1, 0.15) is 37.2 Å². The van der Waals surface area contributed by atoms with Crippen molar-refractivity contribution >= 4 is 40.5 Å².